The van der Waals surface area contributed by atoms with Gasteiger partial charge in [-0.05, 0) is 13.8 Å². The van der Waals surface area contributed by atoms with Crippen LogP contribution in [0.1, 0.15) is 34.1 Å². The summed E-state index contributed by atoms with van der Waals surface area (Å²) in [5.74, 6) is -1.04. The van der Waals surface area contributed by atoms with Crippen molar-refractivity contribution in [3.63, 3.8) is 0 Å². The summed E-state index contributed by atoms with van der Waals surface area (Å²) in [6.07, 6.45) is -1.76. The monoisotopic (exact) mass is 202 g/mol. The van der Waals surface area contributed by atoms with Crippen LogP contribution in [0.3, 0.4) is 0 Å². The Morgan fingerprint density at radius 2 is 1.71 bits per heavy atom. The Hall–Kier alpha value is -0.900. The average Bonchev–Trinajstić information content (AvgIpc) is 2.02. The predicted octanol–water partition coefficient (Wildman–Crippen LogP) is 0.914. The van der Waals surface area contributed by atoms with Gasteiger partial charge in [-0.3, -0.25) is 4.79 Å². The first kappa shape index (κ1) is 13.1. The highest BCUT2D eigenvalue weighted by Crippen LogP contribution is 2.05. The van der Waals surface area contributed by atoms with Crippen molar-refractivity contribution in [1.82, 2.24) is 0 Å². The lowest BCUT2D eigenvalue weighted by atomic mass is 10.0. The summed E-state index contributed by atoms with van der Waals surface area (Å²) in [4.78, 5) is 22.3. The molecule has 0 saturated carbocycles. The lowest BCUT2D eigenvalue weighted by Gasteiger charge is -2.13. The molecule has 0 aliphatic heterocycles. The third-order valence-corrected chi connectivity index (χ3v) is 1.66. The first-order valence-electron chi connectivity index (χ1n) is 4.75. The molecule has 0 unspecified atom stereocenters. The Bertz CT molecular complexity index is 208. The van der Waals surface area contributed by atoms with Crippen molar-refractivity contribution in [2.75, 3.05) is 0 Å². The van der Waals surface area contributed by atoms with Crippen LogP contribution in [0.5, 0.6) is 0 Å². The lowest BCUT2D eigenvalue weighted by molar-refractivity contribution is -0.159. The Balaban J connectivity index is 4.01. The van der Waals surface area contributed by atoms with Gasteiger partial charge >= 0.3 is 5.97 Å². The third kappa shape index (κ3) is 4.97. The predicted molar refractivity (Wildman–Crippen MR) is 51.7 cm³/mol. The van der Waals surface area contributed by atoms with Crippen molar-refractivity contribution in [1.29, 1.82) is 0 Å². The molecular weight excluding hydrogens is 184 g/mol. The van der Waals surface area contributed by atoms with Gasteiger partial charge in [0.25, 0.3) is 0 Å². The summed E-state index contributed by atoms with van der Waals surface area (Å²) in [6.45, 7) is 6.83. The first-order valence-corrected chi connectivity index (χ1v) is 4.75. The zero-order valence-corrected chi connectivity index (χ0v) is 9.11. The highest BCUT2D eigenvalue weighted by molar-refractivity contribution is 5.86. The molecule has 0 aromatic rings. The zero-order chi connectivity index (χ0) is 11.3. The number of aliphatic hydroxyl groups excluding tert-OH is 1. The van der Waals surface area contributed by atoms with Gasteiger partial charge in [0.2, 0.25) is 0 Å². The van der Waals surface area contributed by atoms with Crippen LogP contribution < -0.4 is 0 Å². The smallest absolute Gasteiger partial charge is 0.335 e. The maximum absolute atomic E-state index is 11.2. The molecule has 0 heterocycles. The number of rotatable bonds is 5. The van der Waals surface area contributed by atoms with E-state index in [4.69, 9.17) is 4.74 Å². The molecule has 0 aliphatic rings. The second kappa shape index (κ2) is 5.75. The topological polar surface area (TPSA) is 63.6 Å². The molecule has 0 fully saturated rings. The van der Waals surface area contributed by atoms with Gasteiger partial charge in [0, 0.05) is 12.3 Å². The molecule has 0 rings (SSSR count). The van der Waals surface area contributed by atoms with E-state index in [0.29, 0.717) is 0 Å². The second-order valence-electron chi connectivity index (χ2n) is 3.83. The number of carbonyl (C=O) groups excluding carboxylic acids is 2. The number of ether oxygens (including phenoxy) is 1. The van der Waals surface area contributed by atoms with Gasteiger partial charge in [0.15, 0.2) is 6.10 Å². The van der Waals surface area contributed by atoms with E-state index in [2.05, 4.69) is 0 Å². The van der Waals surface area contributed by atoms with Crippen molar-refractivity contribution >= 4 is 11.8 Å². The largest absolute Gasteiger partial charge is 0.461 e. The minimum absolute atomic E-state index is 0.141. The fraction of sp³-hybridized carbons (Fsp3) is 0.800. The molecule has 0 aromatic carbocycles. The molecule has 4 nitrogen and oxygen atoms in total. The minimum Gasteiger partial charge on any atom is -0.461 e. The van der Waals surface area contributed by atoms with Crippen molar-refractivity contribution in [2.45, 2.75) is 46.3 Å². The first-order chi connectivity index (χ1) is 6.34. The molecule has 0 bridgehead atoms. The fourth-order valence-electron chi connectivity index (χ4n) is 0.820. The molecule has 0 spiro atoms. The van der Waals surface area contributed by atoms with E-state index in [1.54, 1.807) is 27.7 Å². The van der Waals surface area contributed by atoms with Crippen LogP contribution >= 0.6 is 0 Å². The van der Waals surface area contributed by atoms with E-state index in [1.165, 1.54) is 0 Å². The number of aliphatic hydroxyl groups is 1. The zero-order valence-electron chi connectivity index (χ0n) is 9.11. The fourth-order valence-corrected chi connectivity index (χ4v) is 0.820. The van der Waals surface area contributed by atoms with Gasteiger partial charge in [-0.15, -0.1) is 0 Å². The van der Waals surface area contributed by atoms with E-state index in [0.717, 1.165) is 0 Å². The molecular formula is C10H18O4. The highest BCUT2D eigenvalue weighted by atomic mass is 16.6. The number of ketones is 1. The van der Waals surface area contributed by atoms with E-state index in [1.807, 2.05) is 0 Å². The van der Waals surface area contributed by atoms with Crippen molar-refractivity contribution in [3.05, 3.63) is 0 Å². The van der Waals surface area contributed by atoms with E-state index in [-0.39, 0.29) is 24.2 Å². The van der Waals surface area contributed by atoms with Gasteiger partial charge in [-0.1, -0.05) is 13.8 Å². The lowest BCUT2D eigenvalue weighted by Crippen LogP contribution is -2.29. The summed E-state index contributed by atoms with van der Waals surface area (Å²) >= 11 is 0. The van der Waals surface area contributed by atoms with E-state index < -0.39 is 12.1 Å². The van der Waals surface area contributed by atoms with Gasteiger partial charge in [-0.2, -0.15) is 0 Å². The van der Waals surface area contributed by atoms with Crippen molar-refractivity contribution in [3.8, 4) is 0 Å². The van der Waals surface area contributed by atoms with Crippen LogP contribution in [0, 0.1) is 5.92 Å². The second-order valence-corrected chi connectivity index (χ2v) is 3.83. The van der Waals surface area contributed by atoms with Crippen LogP contribution in [0.4, 0.5) is 0 Å². The number of esters is 1. The van der Waals surface area contributed by atoms with Crippen LogP contribution in [-0.4, -0.2) is 29.1 Å². The standard InChI is InChI=1S/C10H18O4/c1-6(2)8(11)5-9(12)10(13)14-7(3)4/h6-7,9,12H,5H2,1-4H3/t9-/m0/s1. The number of Topliss-reactive ketones (excluding diaryl/α,β-unsaturated/α-hetero) is 1. The van der Waals surface area contributed by atoms with E-state index >= 15 is 0 Å². The third-order valence-electron chi connectivity index (χ3n) is 1.66. The van der Waals surface area contributed by atoms with Crippen LogP contribution in [0.25, 0.3) is 0 Å². The molecule has 82 valence electrons. The molecule has 0 radical (unpaired) electrons. The summed E-state index contributed by atoms with van der Waals surface area (Å²) in [5, 5.41) is 9.29. The normalized spacial score (nSPS) is 13.1. The Kier molecular flexibility index (Phi) is 5.38. The maximum atomic E-state index is 11.2. The number of hydrogen-bond acceptors (Lipinski definition) is 4. The summed E-state index contributed by atoms with van der Waals surface area (Å²) in [6, 6.07) is 0. The van der Waals surface area contributed by atoms with Crippen molar-refractivity contribution < 1.29 is 19.4 Å². The Morgan fingerprint density at radius 1 is 1.21 bits per heavy atom. The molecule has 0 saturated heterocycles. The molecule has 4 heteroatoms. The van der Waals surface area contributed by atoms with Gasteiger partial charge in [0.05, 0.1) is 6.10 Å². The van der Waals surface area contributed by atoms with Gasteiger partial charge in [-0.25, -0.2) is 4.79 Å². The molecule has 1 N–H and O–H groups in total. The summed E-state index contributed by atoms with van der Waals surface area (Å²) < 4.78 is 4.75. The quantitative estimate of drug-likeness (QED) is 0.673. The number of carbonyl (C=O) groups is 2. The number of hydrogen-bond donors (Lipinski definition) is 1. The summed E-state index contributed by atoms with van der Waals surface area (Å²) in [7, 11) is 0. The maximum Gasteiger partial charge on any atom is 0.335 e. The highest BCUT2D eigenvalue weighted by Gasteiger charge is 2.22. The van der Waals surface area contributed by atoms with Crippen LogP contribution in [0.2, 0.25) is 0 Å². The van der Waals surface area contributed by atoms with Crippen molar-refractivity contribution in [2.24, 2.45) is 5.92 Å². The van der Waals surface area contributed by atoms with Crippen LogP contribution in [-0.2, 0) is 14.3 Å². The molecule has 1 atom stereocenters. The average molecular weight is 202 g/mol. The van der Waals surface area contributed by atoms with Crippen LogP contribution in [0.15, 0.2) is 0 Å². The minimum atomic E-state index is -1.33. The Labute approximate surface area is 84.3 Å². The molecule has 0 aromatic heterocycles. The molecule has 0 aliphatic carbocycles. The van der Waals surface area contributed by atoms with E-state index in [9.17, 15) is 14.7 Å². The molecule has 14 heavy (non-hydrogen) atoms. The Morgan fingerprint density at radius 3 is 2.07 bits per heavy atom. The molecule has 0 amide bonds. The van der Waals surface area contributed by atoms with Gasteiger partial charge < -0.3 is 9.84 Å². The summed E-state index contributed by atoms with van der Waals surface area (Å²) in [5.41, 5.74) is 0. The van der Waals surface area contributed by atoms with Gasteiger partial charge in [0.1, 0.15) is 5.78 Å². The SMILES string of the molecule is CC(C)OC(=O)[C@@H](O)CC(=O)C(C)C.